The van der Waals surface area contributed by atoms with Crippen molar-refractivity contribution in [3.63, 3.8) is 0 Å². The van der Waals surface area contributed by atoms with Gasteiger partial charge < -0.3 is 10.2 Å². The highest BCUT2D eigenvalue weighted by molar-refractivity contribution is 5.66. The first kappa shape index (κ1) is 23.0. The normalized spacial score (nSPS) is 11.8. The number of aliphatic carboxylic acids is 1. The molecule has 0 saturated heterocycles. The van der Waals surface area contributed by atoms with Crippen LogP contribution in [0.3, 0.4) is 0 Å². The van der Waals surface area contributed by atoms with Gasteiger partial charge in [0, 0.05) is 12.8 Å². The number of aliphatic hydroxyl groups is 1. The lowest BCUT2D eigenvalue weighted by atomic mass is 10.0. The van der Waals surface area contributed by atoms with Crippen LogP contribution in [0.15, 0.2) is 0 Å². The van der Waals surface area contributed by atoms with E-state index in [1.54, 1.807) is 0 Å². The van der Waals surface area contributed by atoms with Gasteiger partial charge in [0.2, 0.25) is 0 Å². The van der Waals surface area contributed by atoms with E-state index in [4.69, 9.17) is 5.11 Å². The van der Waals surface area contributed by atoms with Crippen LogP contribution in [0.4, 0.5) is 0 Å². The molecule has 0 aliphatic carbocycles. The number of rotatable bonds is 16. The Morgan fingerprint density at radius 3 is 1.83 bits per heavy atom. The van der Waals surface area contributed by atoms with E-state index in [1.807, 2.05) is 0 Å². The zero-order chi connectivity index (χ0) is 17.9. The third-order valence-corrected chi connectivity index (χ3v) is 4.29. The Hall–Kier alpha value is -1.01. The summed E-state index contributed by atoms with van der Waals surface area (Å²) in [5.74, 6) is 5.36. The van der Waals surface area contributed by atoms with Crippen molar-refractivity contribution in [1.29, 1.82) is 0 Å². The molecule has 0 radical (unpaired) electrons. The van der Waals surface area contributed by atoms with Crippen molar-refractivity contribution in [3.8, 4) is 11.8 Å². The summed E-state index contributed by atoms with van der Waals surface area (Å²) >= 11 is 0. The third-order valence-electron chi connectivity index (χ3n) is 4.29. The van der Waals surface area contributed by atoms with E-state index in [0.29, 0.717) is 6.42 Å². The molecule has 2 N–H and O–H groups in total. The SMILES string of the molecule is CCCCC(O)C#CCCCCCCCCCCCCCC(=O)O. The minimum atomic E-state index is -0.673. The molecule has 0 aromatic carbocycles. The van der Waals surface area contributed by atoms with Crippen LogP contribution in [-0.2, 0) is 4.79 Å². The molecule has 140 valence electrons. The number of hydrogen-bond acceptors (Lipinski definition) is 2. The second-order valence-corrected chi connectivity index (χ2v) is 6.76. The molecule has 1 unspecified atom stereocenters. The molecule has 0 aliphatic heterocycles. The first-order valence-electron chi connectivity index (χ1n) is 10.0. The van der Waals surface area contributed by atoms with Crippen molar-refractivity contribution in [2.45, 2.75) is 116 Å². The lowest BCUT2D eigenvalue weighted by Gasteiger charge is -2.02. The summed E-state index contributed by atoms with van der Waals surface area (Å²) in [5.41, 5.74) is 0. The summed E-state index contributed by atoms with van der Waals surface area (Å²) < 4.78 is 0. The molecular formula is C21H38O3. The van der Waals surface area contributed by atoms with Crippen LogP contribution >= 0.6 is 0 Å². The number of aliphatic hydroxyl groups excluding tert-OH is 1. The summed E-state index contributed by atoms with van der Waals surface area (Å²) in [5, 5.41) is 18.1. The third kappa shape index (κ3) is 19.0. The molecule has 24 heavy (non-hydrogen) atoms. The zero-order valence-electron chi connectivity index (χ0n) is 15.7. The van der Waals surface area contributed by atoms with Gasteiger partial charge in [-0.2, -0.15) is 0 Å². The van der Waals surface area contributed by atoms with Crippen LogP contribution < -0.4 is 0 Å². The first-order chi connectivity index (χ1) is 11.7. The molecule has 3 nitrogen and oxygen atoms in total. The molecule has 0 heterocycles. The van der Waals surface area contributed by atoms with Gasteiger partial charge in [0.15, 0.2) is 0 Å². The monoisotopic (exact) mass is 338 g/mol. The van der Waals surface area contributed by atoms with Gasteiger partial charge in [0.25, 0.3) is 0 Å². The maximum Gasteiger partial charge on any atom is 0.303 e. The zero-order valence-corrected chi connectivity index (χ0v) is 15.7. The van der Waals surface area contributed by atoms with Crippen LogP contribution in [0.5, 0.6) is 0 Å². The van der Waals surface area contributed by atoms with Crippen LogP contribution in [0.25, 0.3) is 0 Å². The Morgan fingerprint density at radius 2 is 1.33 bits per heavy atom. The van der Waals surface area contributed by atoms with Gasteiger partial charge >= 0.3 is 5.97 Å². The van der Waals surface area contributed by atoms with Gasteiger partial charge in [-0.15, -0.1) is 5.92 Å². The lowest BCUT2D eigenvalue weighted by molar-refractivity contribution is -0.137. The maximum atomic E-state index is 10.4. The molecule has 0 bridgehead atoms. The molecular weight excluding hydrogens is 300 g/mol. The predicted molar refractivity (Wildman–Crippen MR) is 101 cm³/mol. The quantitative estimate of drug-likeness (QED) is 0.280. The van der Waals surface area contributed by atoms with Crippen LogP contribution in [0, 0.1) is 11.8 Å². The summed E-state index contributed by atoms with van der Waals surface area (Å²) in [7, 11) is 0. The minimum absolute atomic E-state index is 0.322. The Kier molecular flexibility index (Phi) is 17.6. The van der Waals surface area contributed by atoms with E-state index < -0.39 is 12.1 Å². The summed E-state index contributed by atoms with van der Waals surface area (Å²) in [6.07, 6.45) is 17.0. The van der Waals surface area contributed by atoms with Gasteiger partial charge in [-0.25, -0.2) is 0 Å². The molecule has 0 spiro atoms. The molecule has 0 aromatic rings. The van der Waals surface area contributed by atoms with Gasteiger partial charge in [0.1, 0.15) is 6.10 Å². The lowest BCUT2D eigenvalue weighted by Crippen LogP contribution is -2.01. The smallest absolute Gasteiger partial charge is 0.303 e. The van der Waals surface area contributed by atoms with E-state index in [2.05, 4.69) is 18.8 Å². The first-order valence-corrected chi connectivity index (χ1v) is 10.0. The second-order valence-electron chi connectivity index (χ2n) is 6.76. The fourth-order valence-electron chi connectivity index (χ4n) is 2.74. The largest absolute Gasteiger partial charge is 0.481 e. The highest BCUT2D eigenvalue weighted by Gasteiger charge is 1.97. The molecule has 0 aromatic heterocycles. The van der Waals surface area contributed by atoms with E-state index in [0.717, 1.165) is 44.9 Å². The number of carboxylic acids is 1. The average Bonchev–Trinajstić information content (AvgIpc) is 2.56. The van der Waals surface area contributed by atoms with E-state index in [-0.39, 0.29) is 0 Å². The molecule has 0 saturated carbocycles. The fraction of sp³-hybridized carbons (Fsp3) is 0.857. The Balaban J connectivity index is 3.18. The molecule has 0 aliphatic rings. The summed E-state index contributed by atoms with van der Waals surface area (Å²) in [4.78, 5) is 10.4. The summed E-state index contributed by atoms with van der Waals surface area (Å²) in [6.45, 7) is 2.13. The van der Waals surface area contributed by atoms with Crippen LogP contribution in [0.1, 0.15) is 110 Å². The number of hydrogen-bond donors (Lipinski definition) is 2. The standard InChI is InChI=1S/C21H38O3/c1-2-3-17-20(22)18-15-13-11-9-7-5-4-6-8-10-12-14-16-19-21(23)24/h20,22H,2-14,16-17,19H2,1H3,(H,23,24). The maximum absolute atomic E-state index is 10.4. The summed E-state index contributed by atoms with van der Waals surface area (Å²) in [6, 6.07) is 0. The highest BCUT2D eigenvalue weighted by Crippen LogP contribution is 2.12. The predicted octanol–water partition coefficient (Wildman–Crippen LogP) is 5.70. The second kappa shape index (κ2) is 18.3. The molecule has 0 fully saturated rings. The van der Waals surface area contributed by atoms with Gasteiger partial charge in [-0.3, -0.25) is 4.79 Å². The molecule has 1 atom stereocenters. The van der Waals surface area contributed by atoms with Crippen molar-refractivity contribution in [2.24, 2.45) is 0 Å². The average molecular weight is 339 g/mol. The van der Waals surface area contributed by atoms with Crippen molar-refractivity contribution >= 4 is 5.97 Å². The Bertz CT molecular complexity index is 341. The Morgan fingerprint density at radius 1 is 0.833 bits per heavy atom. The van der Waals surface area contributed by atoms with Crippen LogP contribution in [-0.4, -0.2) is 22.3 Å². The number of carboxylic acid groups (broad SMARTS) is 1. The number of carbonyl (C=O) groups is 1. The molecule has 3 heteroatoms. The van der Waals surface area contributed by atoms with Gasteiger partial charge in [0.05, 0.1) is 0 Å². The minimum Gasteiger partial charge on any atom is -0.481 e. The van der Waals surface area contributed by atoms with Crippen molar-refractivity contribution in [3.05, 3.63) is 0 Å². The van der Waals surface area contributed by atoms with Crippen molar-refractivity contribution < 1.29 is 15.0 Å². The molecule has 0 rings (SSSR count). The topological polar surface area (TPSA) is 57.5 Å². The van der Waals surface area contributed by atoms with E-state index in [9.17, 15) is 9.90 Å². The van der Waals surface area contributed by atoms with Crippen LogP contribution in [0.2, 0.25) is 0 Å². The highest BCUT2D eigenvalue weighted by atomic mass is 16.4. The fourth-order valence-corrected chi connectivity index (χ4v) is 2.74. The van der Waals surface area contributed by atoms with E-state index in [1.165, 1.54) is 51.4 Å². The number of unbranched alkanes of at least 4 members (excludes halogenated alkanes) is 12. The van der Waals surface area contributed by atoms with Crippen molar-refractivity contribution in [2.75, 3.05) is 0 Å². The Labute approximate surface area is 149 Å². The molecule has 0 amide bonds. The van der Waals surface area contributed by atoms with Gasteiger partial charge in [-0.05, 0) is 19.3 Å². The van der Waals surface area contributed by atoms with Crippen molar-refractivity contribution in [1.82, 2.24) is 0 Å². The van der Waals surface area contributed by atoms with E-state index >= 15 is 0 Å². The van der Waals surface area contributed by atoms with Gasteiger partial charge in [-0.1, -0.05) is 83.5 Å².